The molecule has 0 unspecified atom stereocenters. The average Bonchev–Trinajstić information content (AvgIpc) is 2.68. The van der Waals surface area contributed by atoms with Gasteiger partial charge >= 0.3 is 6.61 Å². The first-order chi connectivity index (χ1) is 12.6. The fourth-order valence-electron chi connectivity index (χ4n) is 2.70. The van der Waals surface area contributed by atoms with Gasteiger partial charge in [-0.05, 0) is 24.3 Å². The standard InChI is InChI=1S/C17H15F2N5O2/c18-17(19)26-14-4-2-1-3-13(14)16(25)24-9-7-23(8-10-24)15-6-5-12(11-20)21-22-15/h1-6,17H,7-10H2. The Balaban J connectivity index is 1.66. The van der Waals surface area contributed by atoms with Crippen molar-refractivity contribution in [2.24, 2.45) is 0 Å². The number of alkyl halides is 2. The lowest BCUT2D eigenvalue weighted by Gasteiger charge is -2.35. The lowest BCUT2D eigenvalue weighted by molar-refractivity contribution is -0.0502. The van der Waals surface area contributed by atoms with E-state index in [4.69, 9.17) is 5.26 Å². The van der Waals surface area contributed by atoms with Crippen LogP contribution in [0.15, 0.2) is 36.4 Å². The molecule has 7 nitrogen and oxygen atoms in total. The van der Waals surface area contributed by atoms with Crippen LogP contribution < -0.4 is 9.64 Å². The third kappa shape index (κ3) is 3.85. The van der Waals surface area contributed by atoms with Crippen LogP contribution in [0.25, 0.3) is 0 Å². The topological polar surface area (TPSA) is 82.4 Å². The highest BCUT2D eigenvalue weighted by molar-refractivity contribution is 5.97. The van der Waals surface area contributed by atoms with Crippen molar-refractivity contribution in [1.29, 1.82) is 5.26 Å². The Morgan fingerprint density at radius 3 is 2.46 bits per heavy atom. The van der Waals surface area contributed by atoms with E-state index >= 15 is 0 Å². The molecule has 0 radical (unpaired) electrons. The molecular formula is C17H15F2N5O2. The van der Waals surface area contributed by atoms with Gasteiger partial charge in [0.05, 0.1) is 5.56 Å². The smallest absolute Gasteiger partial charge is 0.387 e. The van der Waals surface area contributed by atoms with Gasteiger partial charge in [-0.3, -0.25) is 4.79 Å². The van der Waals surface area contributed by atoms with E-state index in [1.165, 1.54) is 18.2 Å². The molecule has 26 heavy (non-hydrogen) atoms. The van der Waals surface area contributed by atoms with Gasteiger partial charge in [0.25, 0.3) is 5.91 Å². The second-order valence-electron chi connectivity index (χ2n) is 5.54. The highest BCUT2D eigenvalue weighted by Crippen LogP contribution is 2.23. The molecule has 3 rings (SSSR count). The van der Waals surface area contributed by atoms with Crippen LogP contribution in [0.2, 0.25) is 0 Å². The summed E-state index contributed by atoms with van der Waals surface area (Å²) in [5, 5.41) is 16.5. The molecule has 1 aliphatic heterocycles. The number of nitriles is 1. The van der Waals surface area contributed by atoms with Crippen molar-refractivity contribution in [3.8, 4) is 11.8 Å². The van der Waals surface area contributed by atoms with Gasteiger partial charge in [0.2, 0.25) is 0 Å². The fraction of sp³-hybridized carbons (Fsp3) is 0.294. The summed E-state index contributed by atoms with van der Waals surface area (Å²) >= 11 is 0. The first kappa shape index (κ1) is 17.5. The van der Waals surface area contributed by atoms with E-state index in [-0.39, 0.29) is 22.9 Å². The van der Waals surface area contributed by atoms with Gasteiger partial charge in [-0.25, -0.2) is 0 Å². The number of hydrogen-bond donors (Lipinski definition) is 0. The summed E-state index contributed by atoms with van der Waals surface area (Å²) in [4.78, 5) is 16.2. The Kier molecular flexibility index (Phi) is 5.22. The Morgan fingerprint density at radius 1 is 1.12 bits per heavy atom. The second-order valence-corrected chi connectivity index (χ2v) is 5.54. The zero-order valence-electron chi connectivity index (χ0n) is 13.7. The number of piperazine rings is 1. The molecule has 0 atom stereocenters. The molecule has 1 amide bonds. The van der Waals surface area contributed by atoms with Gasteiger partial charge in [-0.1, -0.05) is 12.1 Å². The lowest BCUT2D eigenvalue weighted by atomic mass is 10.1. The molecule has 0 spiro atoms. The second kappa shape index (κ2) is 7.74. The molecule has 0 aliphatic carbocycles. The molecule has 0 bridgehead atoms. The van der Waals surface area contributed by atoms with Crippen LogP contribution in [-0.4, -0.2) is 53.8 Å². The van der Waals surface area contributed by atoms with Gasteiger partial charge in [0.1, 0.15) is 11.8 Å². The summed E-state index contributed by atoms with van der Waals surface area (Å²) in [7, 11) is 0. The van der Waals surface area contributed by atoms with Crippen molar-refractivity contribution in [1.82, 2.24) is 15.1 Å². The van der Waals surface area contributed by atoms with Crippen molar-refractivity contribution in [2.45, 2.75) is 6.61 Å². The average molecular weight is 359 g/mol. The number of halogens is 2. The maximum absolute atomic E-state index is 12.6. The van der Waals surface area contributed by atoms with E-state index < -0.39 is 6.61 Å². The molecule has 1 aromatic carbocycles. The highest BCUT2D eigenvalue weighted by Gasteiger charge is 2.25. The quantitative estimate of drug-likeness (QED) is 0.829. The van der Waals surface area contributed by atoms with E-state index in [2.05, 4.69) is 14.9 Å². The molecule has 1 saturated heterocycles. The molecule has 1 aliphatic rings. The number of amides is 1. The number of carbonyl (C=O) groups is 1. The predicted octanol–water partition coefficient (Wildman–Crippen LogP) is 1.91. The number of aromatic nitrogens is 2. The third-order valence-corrected chi connectivity index (χ3v) is 3.99. The van der Waals surface area contributed by atoms with Crippen molar-refractivity contribution < 1.29 is 18.3 Å². The normalized spacial score (nSPS) is 14.2. The largest absolute Gasteiger partial charge is 0.434 e. The maximum atomic E-state index is 12.6. The minimum Gasteiger partial charge on any atom is -0.434 e. The predicted molar refractivity (Wildman–Crippen MR) is 87.9 cm³/mol. The lowest BCUT2D eigenvalue weighted by Crippen LogP contribution is -2.49. The van der Waals surface area contributed by atoms with E-state index in [1.807, 2.05) is 11.0 Å². The summed E-state index contributed by atoms with van der Waals surface area (Å²) in [5.41, 5.74) is 0.345. The van der Waals surface area contributed by atoms with Gasteiger partial charge < -0.3 is 14.5 Å². The van der Waals surface area contributed by atoms with Crippen LogP contribution in [0, 0.1) is 11.3 Å². The zero-order valence-corrected chi connectivity index (χ0v) is 13.7. The van der Waals surface area contributed by atoms with Crippen LogP contribution in [0.3, 0.4) is 0 Å². The van der Waals surface area contributed by atoms with Crippen LogP contribution in [-0.2, 0) is 0 Å². The zero-order chi connectivity index (χ0) is 18.5. The summed E-state index contributed by atoms with van der Waals surface area (Å²) in [6, 6.07) is 11.2. The minimum atomic E-state index is -2.99. The van der Waals surface area contributed by atoms with E-state index in [9.17, 15) is 13.6 Å². The summed E-state index contributed by atoms with van der Waals surface area (Å²) in [6.07, 6.45) is 0. The molecule has 0 saturated carbocycles. The molecular weight excluding hydrogens is 344 g/mol. The first-order valence-electron chi connectivity index (χ1n) is 7.90. The molecule has 2 aromatic rings. The Morgan fingerprint density at radius 2 is 1.85 bits per heavy atom. The van der Waals surface area contributed by atoms with Gasteiger partial charge in [-0.15, -0.1) is 10.2 Å². The molecule has 9 heteroatoms. The maximum Gasteiger partial charge on any atom is 0.387 e. The van der Waals surface area contributed by atoms with Crippen LogP contribution in [0.4, 0.5) is 14.6 Å². The number of anilines is 1. The molecule has 134 valence electrons. The number of ether oxygens (including phenoxy) is 1. The van der Waals surface area contributed by atoms with Crippen molar-refractivity contribution in [3.63, 3.8) is 0 Å². The highest BCUT2D eigenvalue weighted by atomic mass is 19.3. The van der Waals surface area contributed by atoms with Crippen LogP contribution in [0.5, 0.6) is 5.75 Å². The number of benzene rings is 1. The molecule has 2 heterocycles. The fourth-order valence-corrected chi connectivity index (χ4v) is 2.70. The minimum absolute atomic E-state index is 0.111. The summed E-state index contributed by atoms with van der Waals surface area (Å²) in [5.74, 6) is 0.136. The first-order valence-corrected chi connectivity index (χ1v) is 7.90. The number of carbonyl (C=O) groups excluding carboxylic acids is 1. The molecule has 1 fully saturated rings. The van der Waals surface area contributed by atoms with E-state index in [0.717, 1.165) is 0 Å². The molecule has 0 N–H and O–H groups in total. The van der Waals surface area contributed by atoms with Crippen LogP contribution >= 0.6 is 0 Å². The Labute approximate surface area is 148 Å². The number of hydrogen-bond acceptors (Lipinski definition) is 6. The van der Waals surface area contributed by atoms with Gasteiger partial charge in [0, 0.05) is 26.2 Å². The summed E-state index contributed by atoms with van der Waals surface area (Å²) < 4.78 is 29.5. The van der Waals surface area contributed by atoms with Crippen molar-refractivity contribution in [3.05, 3.63) is 47.7 Å². The van der Waals surface area contributed by atoms with Crippen molar-refractivity contribution in [2.75, 3.05) is 31.1 Å². The Bertz CT molecular complexity index is 815. The SMILES string of the molecule is N#Cc1ccc(N2CCN(C(=O)c3ccccc3OC(F)F)CC2)nn1. The number of rotatable bonds is 4. The number of nitrogens with zero attached hydrogens (tertiary/aromatic N) is 5. The van der Waals surface area contributed by atoms with Gasteiger partial charge in [-0.2, -0.15) is 14.0 Å². The van der Waals surface area contributed by atoms with E-state index in [0.29, 0.717) is 32.0 Å². The van der Waals surface area contributed by atoms with E-state index in [1.54, 1.807) is 23.1 Å². The Hall–Kier alpha value is -3.28. The van der Waals surface area contributed by atoms with Crippen LogP contribution in [0.1, 0.15) is 16.1 Å². The third-order valence-electron chi connectivity index (χ3n) is 3.99. The monoisotopic (exact) mass is 359 g/mol. The molecule has 1 aromatic heterocycles. The van der Waals surface area contributed by atoms with Crippen molar-refractivity contribution >= 4 is 11.7 Å². The number of para-hydroxylation sites is 1. The summed E-state index contributed by atoms with van der Waals surface area (Å²) in [6.45, 7) is -1.14. The van der Waals surface area contributed by atoms with Gasteiger partial charge in [0.15, 0.2) is 11.5 Å².